The molecule has 0 spiro atoms. The molecule has 1 aliphatic heterocycles. The van der Waals surface area contributed by atoms with Crippen LogP contribution in [0.5, 0.6) is 0 Å². The Kier molecular flexibility index (Phi) is 14.6. The van der Waals surface area contributed by atoms with Crippen LogP contribution in [-0.4, -0.2) is 108 Å². The van der Waals surface area contributed by atoms with Crippen LogP contribution in [-0.2, 0) is 33.3 Å². The zero-order valence-electron chi connectivity index (χ0n) is 22.3. The average molecular weight is 548 g/mol. The summed E-state index contributed by atoms with van der Waals surface area (Å²) in [5.41, 5.74) is 1.29. The number of benzene rings is 1. The number of piperidine rings is 1. The van der Waals surface area contributed by atoms with E-state index in [1.807, 2.05) is 0 Å². The molecule has 1 aliphatic rings. The number of likely N-dealkylation sites (N-methyl/N-ethyl adjacent to an activating group) is 1. The largest absolute Gasteiger partial charge is 0.382 e. The van der Waals surface area contributed by atoms with Gasteiger partial charge in [0.2, 0.25) is 11.8 Å². The van der Waals surface area contributed by atoms with Crippen LogP contribution in [0.4, 0.5) is 5.69 Å². The molecule has 1 aromatic rings. The first kappa shape index (κ1) is 31.8. The van der Waals surface area contributed by atoms with Crippen LogP contribution in [0.2, 0.25) is 0 Å². The third-order valence-electron chi connectivity index (χ3n) is 5.85. The van der Waals surface area contributed by atoms with Gasteiger partial charge in [-0.05, 0) is 24.5 Å². The highest BCUT2D eigenvalue weighted by Crippen LogP contribution is 2.23. The van der Waals surface area contributed by atoms with Crippen molar-refractivity contribution in [2.75, 3.05) is 71.8 Å². The number of ether oxygens (including phenoxy) is 4. The summed E-state index contributed by atoms with van der Waals surface area (Å²) in [5, 5.41) is 5.35. The van der Waals surface area contributed by atoms with Crippen molar-refractivity contribution in [1.29, 1.82) is 0 Å². The quantitative estimate of drug-likeness (QED) is 0.105. The van der Waals surface area contributed by atoms with Gasteiger partial charge >= 0.3 is 0 Å². The number of amides is 3. The second-order valence-corrected chi connectivity index (χ2v) is 8.67. The molecule has 1 saturated heterocycles. The van der Waals surface area contributed by atoms with Gasteiger partial charge in [0.1, 0.15) is 12.3 Å². The molecule has 1 unspecified atom stereocenters. The molecular weight excluding hydrogens is 510 g/mol. The lowest BCUT2D eigenvalue weighted by Gasteiger charge is -2.30. The highest BCUT2D eigenvalue weighted by molar-refractivity contribution is 6.08. The maximum atomic E-state index is 13.2. The Bertz CT molecular complexity index is 999. The molecule has 12 nitrogen and oxygen atoms in total. The lowest BCUT2D eigenvalue weighted by molar-refractivity contribution is -0.136. The number of hydrogen-bond donors (Lipinski definition) is 2. The molecular formula is C27H37N3O9. The summed E-state index contributed by atoms with van der Waals surface area (Å²) in [5.74, 6) is -1.41. The summed E-state index contributed by atoms with van der Waals surface area (Å²) >= 11 is 0. The molecule has 0 radical (unpaired) electrons. The second-order valence-electron chi connectivity index (χ2n) is 8.67. The van der Waals surface area contributed by atoms with E-state index in [4.69, 9.17) is 18.9 Å². The Balaban J connectivity index is 1.65. The summed E-state index contributed by atoms with van der Waals surface area (Å²) in [7, 11) is 1.48. The zero-order valence-corrected chi connectivity index (χ0v) is 22.3. The van der Waals surface area contributed by atoms with Gasteiger partial charge in [-0.3, -0.25) is 29.3 Å². The minimum absolute atomic E-state index is 0.138. The summed E-state index contributed by atoms with van der Waals surface area (Å²) in [6, 6.07) is 4.06. The van der Waals surface area contributed by atoms with Gasteiger partial charge < -0.3 is 29.2 Å². The van der Waals surface area contributed by atoms with Gasteiger partial charge in [0.05, 0.1) is 58.4 Å². The zero-order chi connectivity index (χ0) is 28.5. The van der Waals surface area contributed by atoms with Crippen molar-refractivity contribution in [1.82, 2.24) is 10.2 Å². The van der Waals surface area contributed by atoms with E-state index in [-0.39, 0.29) is 29.9 Å². The lowest BCUT2D eigenvalue weighted by atomic mass is 10.0. The molecule has 12 heteroatoms. The number of nitrogens with one attached hydrogen (secondary N) is 2. The van der Waals surface area contributed by atoms with Crippen LogP contribution >= 0.6 is 0 Å². The van der Waals surface area contributed by atoms with Crippen LogP contribution in [0.3, 0.4) is 0 Å². The maximum Gasteiger partial charge on any atom is 0.257 e. The highest BCUT2D eigenvalue weighted by Gasteiger charge is 2.34. The van der Waals surface area contributed by atoms with E-state index in [0.29, 0.717) is 83.4 Å². The predicted molar refractivity (Wildman–Crippen MR) is 142 cm³/mol. The summed E-state index contributed by atoms with van der Waals surface area (Å²) < 4.78 is 21.7. The van der Waals surface area contributed by atoms with Crippen molar-refractivity contribution in [2.24, 2.45) is 0 Å². The van der Waals surface area contributed by atoms with E-state index < -0.39 is 17.9 Å². The van der Waals surface area contributed by atoms with Crippen LogP contribution < -0.4 is 10.6 Å². The minimum atomic E-state index is -0.801. The van der Waals surface area contributed by atoms with E-state index in [1.54, 1.807) is 12.1 Å². The molecule has 3 amide bonds. The van der Waals surface area contributed by atoms with Crippen molar-refractivity contribution in [3.05, 3.63) is 41.5 Å². The molecule has 0 aliphatic carbocycles. The van der Waals surface area contributed by atoms with Gasteiger partial charge in [0, 0.05) is 31.3 Å². The molecule has 0 aromatic heterocycles. The molecule has 0 bridgehead atoms. The topological polar surface area (TPSA) is 150 Å². The Labute approximate surface area is 228 Å². The Hall–Kier alpha value is -3.45. The number of rotatable bonds is 20. The van der Waals surface area contributed by atoms with Crippen molar-refractivity contribution >= 4 is 36.0 Å². The third-order valence-corrected chi connectivity index (χ3v) is 5.85. The Morgan fingerprint density at radius 1 is 1.03 bits per heavy atom. The van der Waals surface area contributed by atoms with E-state index in [9.17, 15) is 24.0 Å². The number of aldehydes is 2. The molecule has 1 aromatic carbocycles. The molecule has 1 heterocycles. The Morgan fingerprint density at radius 3 is 2.23 bits per heavy atom. The fourth-order valence-corrected chi connectivity index (χ4v) is 3.71. The first-order chi connectivity index (χ1) is 18.9. The fourth-order valence-electron chi connectivity index (χ4n) is 3.71. The van der Waals surface area contributed by atoms with Gasteiger partial charge in [0.15, 0.2) is 6.29 Å². The van der Waals surface area contributed by atoms with Gasteiger partial charge in [-0.2, -0.15) is 0 Å². The third kappa shape index (κ3) is 11.1. The first-order valence-electron chi connectivity index (χ1n) is 12.8. The van der Waals surface area contributed by atoms with Crippen LogP contribution in [0.15, 0.2) is 30.4 Å². The normalized spacial score (nSPS) is 14.9. The molecule has 39 heavy (non-hydrogen) atoms. The van der Waals surface area contributed by atoms with E-state index in [2.05, 4.69) is 17.2 Å². The molecule has 214 valence electrons. The van der Waals surface area contributed by atoms with Crippen molar-refractivity contribution in [3.8, 4) is 0 Å². The number of nitrogens with zero attached hydrogens (tertiary/aromatic N) is 1. The van der Waals surface area contributed by atoms with Gasteiger partial charge in [0.25, 0.3) is 5.91 Å². The number of imide groups is 1. The summed E-state index contributed by atoms with van der Waals surface area (Å²) in [6.07, 6.45) is 2.17. The molecule has 1 atom stereocenters. The summed E-state index contributed by atoms with van der Waals surface area (Å²) in [4.78, 5) is 60.2. The molecule has 0 saturated carbocycles. The van der Waals surface area contributed by atoms with Gasteiger partial charge in [-0.1, -0.05) is 18.7 Å². The minimum Gasteiger partial charge on any atom is -0.382 e. The fraction of sp³-hybridized carbons (Fsp3) is 0.519. The van der Waals surface area contributed by atoms with Gasteiger partial charge in [-0.25, -0.2) is 0 Å². The SMILES string of the molecule is C=C(C=O)CCOCCOCCOCCOCCNc1cccc(C=O)c1C(=O)N(C)C1CCC(=O)NC1=O. The smallest absolute Gasteiger partial charge is 0.257 e. The number of hydrogen-bond acceptors (Lipinski definition) is 10. The van der Waals surface area contributed by atoms with E-state index >= 15 is 0 Å². The average Bonchev–Trinajstić information content (AvgIpc) is 2.93. The van der Waals surface area contributed by atoms with Crippen LogP contribution in [0.1, 0.15) is 40.0 Å². The van der Waals surface area contributed by atoms with Crippen molar-refractivity contribution < 1.29 is 42.9 Å². The van der Waals surface area contributed by atoms with Gasteiger partial charge in [-0.15, -0.1) is 0 Å². The summed E-state index contributed by atoms with van der Waals surface area (Å²) in [6.45, 7) is 7.14. The van der Waals surface area contributed by atoms with Crippen molar-refractivity contribution in [2.45, 2.75) is 25.3 Å². The second kappa shape index (κ2) is 17.9. The van der Waals surface area contributed by atoms with Crippen LogP contribution in [0, 0.1) is 0 Å². The number of carbonyl (C=O) groups is 5. The molecule has 2 N–H and O–H groups in total. The van der Waals surface area contributed by atoms with Crippen LogP contribution in [0.25, 0.3) is 0 Å². The molecule has 2 rings (SSSR count). The molecule has 1 fully saturated rings. The lowest BCUT2D eigenvalue weighted by Crippen LogP contribution is -2.53. The Morgan fingerprint density at radius 2 is 1.64 bits per heavy atom. The first-order valence-corrected chi connectivity index (χ1v) is 12.8. The monoisotopic (exact) mass is 547 g/mol. The number of carbonyl (C=O) groups excluding carboxylic acids is 5. The van der Waals surface area contributed by atoms with Crippen molar-refractivity contribution in [3.63, 3.8) is 0 Å². The number of anilines is 1. The standard InChI is InChI=1S/C27H37N3O9/c1-20(18-31)8-10-36-12-14-38-16-17-39-15-13-37-11-9-28-22-5-3-4-21(19-32)25(22)27(35)30(2)23-6-7-24(33)29-26(23)34/h3-5,18-19,23,28H,1,6-17H2,2H3,(H,29,33,34). The highest BCUT2D eigenvalue weighted by atomic mass is 16.6. The van der Waals surface area contributed by atoms with E-state index in [0.717, 1.165) is 6.29 Å². The predicted octanol–water partition coefficient (Wildman–Crippen LogP) is 1.000. The maximum absolute atomic E-state index is 13.2. The van der Waals surface area contributed by atoms with E-state index in [1.165, 1.54) is 18.0 Å².